The Bertz CT molecular complexity index is 1060. The van der Waals surface area contributed by atoms with Gasteiger partial charge < -0.3 is 9.09 Å². The zero-order valence-corrected chi connectivity index (χ0v) is 15.4. The highest BCUT2D eigenvalue weighted by atomic mass is 32.2. The number of hydrogen-bond donors (Lipinski definition) is 0. The SMILES string of the molecule is O=c1c(S(=O)(=O)N2CCCC2)cccn1Cc1noc(-c2cccs2)n1. The Balaban J connectivity index is 1.63. The molecule has 0 atom stereocenters. The number of sulfonamides is 1. The van der Waals surface area contributed by atoms with Gasteiger partial charge in [-0.2, -0.15) is 9.29 Å². The quantitative estimate of drug-likeness (QED) is 0.657. The summed E-state index contributed by atoms with van der Waals surface area (Å²) in [7, 11) is -3.78. The van der Waals surface area contributed by atoms with Crippen molar-refractivity contribution in [1.29, 1.82) is 0 Å². The van der Waals surface area contributed by atoms with Crippen molar-refractivity contribution in [2.75, 3.05) is 13.1 Å². The molecule has 0 unspecified atom stereocenters. The standard InChI is InChI=1S/C16H16N4O4S2/c21-16-13(26(22,23)20-8-1-2-9-20)6-3-7-19(16)11-14-17-15(24-18-14)12-5-4-10-25-12/h3-7,10H,1-2,8-9,11H2. The molecule has 1 aliphatic heterocycles. The monoisotopic (exact) mass is 392 g/mol. The van der Waals surface area contributed by atoms with Crippen LogP contribution in [0.25, 0.3) is 10.8 Å². The summed E-state index contributed by atoms with van der Waals surface area (Å²) in [5.74, 6) is 0.690. The molecule has 0 saturated carbocycles. The third kappa shape index (κ3) is 3.11. The van der Waals surface area contributed by atoms with Gasteiger partial charge in [0.2, 0.25) is 10.0 Å². The Morgan fingerprint density at radius 3 is 2.73 bits per heavy atom. The van der Waals surface area contributed by atoms with Gasteiger partial charge in [-0.1, -0.05) is 11.2 Å². The van der Waals surface area contributed by atoms with Crippen molar-refractivity contribution in [1.82, 2.24) is 19.0 Å². The Labute approximate surface area is 153 Å². The summed E-state index contributed by atoms with van der Waals surface area (Å²) >= 11 is 1.47. The van der Waals surface area contributed by atoms with Crippen molar-refractivity contribution in [3.8, 4) is 10.8 Å². The van der Waals surface area contributed by atoms with Crippen LogP contribution in [0.3, 0.4) is 0 Å². The van der Waals surface area contributed by atoms with Crippen molar-refractivity contribution in [3.05, 3.63) is 52.0 Å². The number of rotatable bonds is 5. The first-order chi connectivity index (χ1) is 12.6. The average Bonchev–Trinajstić information content (AvgIpc) is 3.38. The zero-order valence-electron chi connectivity index (χ0n) is 13.7. The molecule has 3 aromatic heterocycles. The lowest BCUT2D eigenvalue weighted by atomic mass is 10.4. The van der Waals surface area contributed by atoms with E-state index in [0.29, 0.717) is 24.8 Å². The van der Waals surface area contributed by atoms with Crippen LogP contribution in [0.4, 0.5) is 0 Å². The van der Waals surface area contributed by atoms with Crippen LogP contribution >= 0.6 is 11.3 Å². The summed E-state index contributed by atoms with van der Waals surface area (Å²) in [5, 5.41) is 5.78. The van der Waals surface area contributed by atoms with Crippen molar-refractivity contribution in [2.45, 2.75) is 24.3 Å². The molecule has 0 spiro atoms. The second kappa shape index (κ2) is 6.78. The number of aromatic nitrogens is 3. The van der Waals surface area contributed by atoms with E-state index in [1.165, 1.54) is 32.5 Å². The van der Waals surface area contributed by atoms with E-state index >= 15 is 0 Å². The predicted molar refractivity (Wildman–Crippen MR) is 95.4 cm³/mol. The summed E-state index contributed by atoms with van der Waals surface area (Å²) in [6.45, 7) is 0.939. The molecule has 0 bridgehead atoms. The highest BCUT2D eigenvalue weighted by molar-refractivity contribution is 7.89. The van der Waals surface area contributed by atoms with E-state index in [-0.39, 0.29) is 11.4 Å². The van der Waals surface area contributed by atoms with Crippen LogP contribution in [0.1, 0.15) is 18.7 Å². The van der Waals surface area contributed by atoms with Crippen LogP contribution in [0.2, 0.25) is 0 Å². The Morgan fingerprint density at radius 2 is 2.00 bits per heavy atom. The lowest BCUT2D eigenvalue weighted by Crippen LogP contribution is -2.34. The maximum absolute atomic E-state index is 12.7. The van der Waals surface area contributed by atoms with Crippen LogP contribution in [-0.4, -0.2) is 40.5 Å². The second-order valence-electron chi connectivity index (χ2n) is 5.91. The lowest BCUT2D eigenvalue weighted by Gasteiger charge is -2.15. The third-order valence-electron chi connectivity index (χ3n) is 4.18. The number of nitrogens with zero attached hydrogens (tertiary/aromatic N) is 4. The van der Waals surface area contributed by atoms with Gasteiger partial charge in [-0.3, -0.25) is 4.79 Å². The molecule has 0 N–H and O–H groups in total. The fourth-order valence-electron chi connectivity index (χ4n) is 2.87. The first-order valence-electron chi connectivity index (χ1n) is 8.12. The van der Waals surface area contributed by atoms with Crippen LogP contribution in [0, 0.1) is 0 Å². The van der Waals surface area contributed by atoms with Crippen LogP contribution in [0.5, 0.6) is 0 Å². The van der Waals surface area contributed by atoms with Gasteiger partial charge in [0, 0.05) is 19.3 Å². The molecule has 4 rings (SSSR count). The van der Waals surface area contributed by atoms with Gasteiger partial charge in [0.15, 0.2) is 5.82 Å². The lowest BCUT2D eigenvalue weighted by molar-refractivity contribution is 0.420. The summed E-state index contributed by atoms with van der Waals surface area (Å²) in [6.07, 6.45) is 3.15. The molecule has 8 nitrogen and oxygen atoms in total. The third-order valence-corrected chi connectivity index (χ3v) is 6.95. The van der Waals surface area contributed by atoms with Crippen molar-refractivity contribution in [3.63, 3.8) is 0 Å². The first-order valence-corrected chi connectivity index (χ1v) is 10.4. The Kier molecular flexibility index (Phi) is 4.47. The molecule has 1 saturated heterocycles. The van der Waals surface area contributed by atoms with Gasteiger partial charge in [0.25, 0.3) is 11.4 Å². The van der Waals surface area contributed by atoms with E-state index in [4.69, 9.17) is 4.52 Å². The molecular formula is C16H16N4O4S2. The summed E-state index contributed by atoms with van der Waals surface area (Å²) in [4.78, 5) is 17.6. The predicted octanol–water partition coefficient (Wildman–Crippen LogP) is 1.79. The molecule has 0 aromatic carbocycles. The minimum Gasteiger partial charge on any atom is -0.333 e. The van der Waals surface area contributed by atoms with Gasteiger partial charge >= 0.3 is 0 Å². The molecule has 4 heterocycles. The Morgan fingerprint density at radius 1 is 1.19 bits per heavy atom. The minimum atomic E-state index is -3.78. The Hall–Kier alpha value is -2.30. The molecule has 3 aromatic rings. The maximum Gasteiger partial charge on any atom is 0.271 e. The van der Waals surface area contributed by atoms with Crippen molar-refractivity contribution >= 4 is 21.4 Å². The van der Waals surface area contributed by atoms with E-state index in [2.05, 4.69) is 10.1 Å². The molecule has 26 heavy (non-hydrogen) atoms. The topological polar surface area (TPSA) is 98.3 Å². The van der Waals surface area contributed by atoms with Crippen LogP contribution in [-0.2, 0) is 16.6 Å². The zero-order chi connectivity index (χ0) is 18.1. The molecule has 1 aliphatic rings. The van der Waals surface area contributed by atoms with E-state index in [0.717, 1.165) is 17.7 Å². The fraction of sp³-hybridized carbons (Fsp3) is 0.312. The molecular weight excluding hydrogens is 376 g/mol. The molecule has 0 aliphatic carbocycles. The van der Waals surface area contributed by atoms with E-state index in [1.807, 2.05) is 17.5 Å². The smallest absolute Gasteiger partial charge is 0.271 e. The second-order valence-corrected chi connectivity index (χ2v) is 8.76. The summed E-state index contributed by atoms with van der Waals surface area (Å²) in [6, 6.07) is 6.63. The molecule has 136 valence electrons. The van der Waals surface area contributed by atoms with Crippen molar-refractivity contribution < 1.29 is 12.9 Å². The van der Waals surface area contributed by atoms with Gasteiger partial charge in [-0.25, -0.2) is 8.42 Å². The number of thiophene rings is 1. The first kappa shape index (κ1) is 17.1. The average molecular weight is 392 g/mol. The van der Waals surface area contributed by atoms with Crippen LogP contribution < -0.4 is 5.56 Å². The van der Waals surface area contributed by atoms with Gasteiger partial charge in [-0.15, -0.1) is 11.3 Å². The maximum atomic E-state index is 12.7. The van der Waals surface area contributed by atoms with E-state index < -0.39 is 15.6 Å². The van der Waals surface area contributed by atoms with E-state index in [9.17, 15) is 13.2 Å². The van der Waals surface area contributed by atoms with E-state index in [1.54, 1.807) is 6.07 Å². The largest absolute Gasteiger partial charge is 0.333 e. The molecule has 1 fully saturated rings. The highest BCUT2D eigenvalue weighted by Gasteiger charge is 2.30. The molecule has 0 radical (unpaired) electrons. The minimum absolute atomic E-state index is 0.0388. The normalized spacial score (nSPS) is 15.5. The molecule has 10 heteroatoms. The highest BCUT2D eigenvalue weighted by Crippen LogP contribution is 2.22. The van der Waals surface area contributed by atoms with Gasteiger partial charge in [-0.05, 0) is 36.4 Å². The van der Waals surface area contributed by atoms with Crippen molar-refractivity contribution in [2.24, 2.45) is 0 Å². The number of hydrogen-bond acceptors (Lipinski definition) is 7. The van der Waals surface area contributed by atoms with Crippen LogP contribution in [0.15, 0.2) is 50.1 Å². The summed E-state index contributed by atoms with van der Waals surface area (Å²) < 4.78 is 33.2. The summed E-state index contributed by atoms with van der Waals surface area (Å²) in [5.41, 5.74) is -0.582. The fourth-order valence-corrected chi connectivity index (χ4v) is 5.12. The van der Waals surface area contributed by atoms with Gasteiger partial charge in [0.1, 0.15) is 4.90 Å². The molecule has 0 amide bonds. The number of pyridine rings is 1. The van der Waals surface area contributed by atoms with Gasteiger partial charge in [0.05, 0.1) is 11.4 Å².